The van der Waals surface area contributed by atoms with Gasteiger partial charge in [0, 0.05) is 42.7 Å². The van der Waals surface area contributed by atoms with E-state index in [-0.39, 0.29) is 33.4 Å². The van der Waals surface area contributed by atoms with Crippen LogP contribution in [0, 0.1) is 0 Å². The molecule has 0 aliphatic carbocycles. The molecule has 0 fully saturated rings. The highest BCUT2D eigenvalue weighted by atomic mass is 32.1. The predicted octanol–water partition coefficient (Wildman–Crippen LogP) is 11.9. The number of nitrogens with zero attached hydrogens (tertiary/aromatic N) is 2. The van der Waals surface area contributed by atoms with Crippen LogP contribution in [0.25, 0.3) is 86.3 Å². The molecule has 0 radical (unpaired) electrons. The number of fused-ring (bicyclic) bond motifs is 9. The van der Waals surface area contributed by atoms with Crippen molar-refractivity contribution in [2.75, 3.05) is 0 Å². The lowest BCUT2D eigenvalue weighted by Gasteiger charge is -2.10. The Morgan fingerprint density at radius 3 is 2.16 bits per heavy atom. The van der Waals surface area contributed by atoms with Crippen molar-refractivity contribution in [3.63, 3.8) is 0 Å². The monoisotopic (exact) mass is 602 g/mol. The summed E-state index contributed by atoms with van der Waals surface area (Å²) in [5.41, 5.74) is 2.35. The van der Waals surface area contributed by atoms with Gasteiger partial charge >= 0.3 is 0 Å². The minimum atomic E-state index is -0.682. The fraction of sp³-hybridized carbons (Fsp3) is 0. The van der Waals surface area contributed by atoms with Crippen LogP contribution in [-0.4, -0.2) is 9.13 Å². The van der Waals surface area contributed by atoms with Crippen LogP contribution >= 0.6 is 11.3 Å². The number of rotatable bonds is 3. The fourth-order valence-electron chi connectivity index (χ4n) is 6.53. The van der Waals surface area contributed by atoms with E-state index in [0.29, 0.717) is 5.56 Å². The maximum absolute atomic E-state index is 9.67. The summed E-state index contributed by atoms with van der Waals surface area (Å²) in [5.74, 6) is 0. The highest BCUT2D eigenvalue weighted by molar-refractivity contribution is 7.26. The lowest BCUT2D eigenvalue weighted by Crippen LogP contribution is -1.94. The zero-order chi connectivity index (χ0) is 39.9. The number of hydrogen-bond acceptors (Lipinski definition) is 1. The summed E-state index contributed by atoms with van der Waals surface area (Å²) >= 11 is 1.72. The molecule has 0 atom stereocenters. The summed E-state index contributed by atoms with van der Waals surface area (Å²) in [6.45, 7) is 0. The van der Waals surface area contributed by atoms with Crippen molar-refractivity contribution in [2.24, 2.45) is 0 Å². The van der Waals surface area contributed by atoms with Gasteiger partial charge in [-0.05, 0) is 71.7 Å². The van der Waals surface area contributed by atoms with Gasteiger partial charge in [0.25, 0.3) is 0 Å². The molecule has 7 aromatic carbocycles. The van der Waals surface area contributed by atoms with Crippen molar-refractivity contribution >= 4 is 75.1 Å². The van der Waals surface area contributed by atoms with E-state index in [0.717, 1.165) is 42.1 Å². The third-order valence-electron chi connectivity index (χ3n) is 8.45. The van der Waals surface area contributed by atoms with Gasteiger partial charge in [0.05, 0.1) is 48.9 Å². The second kappa shape index (κ2) is 9.43. The van der Waals surface area contributed by atoms with Crippen LogP contribution in [0.1, 0.15) is 16.4 Å². The molecule has 10 rings (SSSR count). The molecule has 10 aromatic rings. The van der Waals surface area contributed by atoms with Gasteiger partial charge in [0.15, 0.2) is 0 Å². The molecule has 3 heteroatoms. The van der Waals surface area contributed by atoms with E-state index in [1.807, 2.05) is 54.6 Å². The quantitative estimate of drug-likeness (QED) is 0.190. The van der Waals surface area contributed by atoms with Gasteiger partial charge in [-0.25, -0.2) is 0 Å². The van der Waals surface area contributed by atoms with E-state index < -0.39 is 72.2 Å². The normalized spacial score (nSPS) is 15.7. The van der Waals surface area contributed by atoms with Gasteiger partial charge in [-0.3, -0.25) is 0 Å². The van der Waals surface area contributed by atoms with Crippen LogP contribution in [0.15, 0.2) is 157 Å². The van der Waals surface area contributed by atoms with Crippen LogP contribution < -0.4 is 0 Å². The SMILES string of the molecule is [2H]c1c([2H])c([2H])c(-n2c3c([2H])c([2H])c([2H])c([2H])c3c3c([2H])c(-c4ccc5c(c4)c4ccccc4n5-c4cccc5c4sc4ccccc45)c([2H])c([2H])c32)c([2H])c1[2H]. The Morgan fingerprint density at radius 2 is 1.22 bits per heavy atom. The minimum absolute atomic E-state index is 0.0466. The largest absolute Gasteiger partial charge is 0.309 e. The highest BCUT2D eigenvalue weighted by Gasteiger charge is 2.18. The Kier molecular flexibility index (Phi) is 3.33. The van der Waals surface area contributed by atoms with Crippen molar-refractivity contribution in [3.05, 3.63) is 157 Å². The minimum Gasteiger partial charge on any atom is -0.309 e. The molecule has 0 saturated heterocycles. The van der Waals surface area contributed by atoms with Gasteiger partial charge in [0.2, 0.25) is 0 Å². The Balaban J connectivity index is 1.30. The predicted molar refractivity (Wildman–Crippen MR) is 193 cm³/mol. The average Bonchev–Trinajstić information content (AvgIpc) is 3.88. The van der Waals surface area contributed by atoms with E-state index >= 15 is 0 Å². The highest BCUT2D eigenvalue weighted by Crippen LogP contribution is 2.42. The van der Waals surface area contributed by atoms with Crippen LogP contribution in [0.5, 0.6) is 0 Å². The Labute approximate surface area is 280 Å². The molecule has 2 nitrogen and oxygen atoms in total. The zero-order valence-electron chi connectivity index (χ0n) is 35.4. The molecule has 0 bridgehead atoms. The number of benzene rings is 7. The molecule has 0 saturated carbocycles. The third kappa shape index (κ3) is 3.56. The second-order valence-electron chi connectivity index (χ2n) is 10.8. The summed E-state index contributed by atoms with van der Waals surface area (Å²) in [6, 6.07) is 21.2. The lowest BCUT2D eigenvalue weighted by atomic mass is 10.0. The first kappa shape index (κ1) is 15.9. The van der Waals surface area contributed by atoms with Gasteiger partial charge in [-0.15, -0.1) is 11.3 Å². The summed E-state index contributed by atoms with van der Waals surface area (Å²) < 4.78 is 111. The lowest BCUT2D eigenvalue weighted by molar-refractivity contribution is 1.18. The molecular formula is C42H26N2S. The molecule has 0 N–H and O–H groups in total. The fourth-order valence-corrected chi connectivity index (χ4v) is 7.74. The van der Waals surface area contributed by atoms with Crippen molar-refractivity contribution in [2.45, 2.75) is 0 Å². The van der Waals surface area contributed by atoms with Crippen molar-refractivity contribution in [1.29, 1.82) is 0 Å². The van der Waals surface area contributed by atoms with Gasteiger partial charge in [0.1, 0.15) is 0 Å². The van der Waals surface area contributed by atoms with Crippen LogP contribution in [0.4, 0.5) is 0 Å². The summed E-state index contributed by atoms with van der Waals surface area (Å²) in [6.07, 6.45) is 0. The summed E-state index contributed by atoms with van der Waals surface area (Å²) in [7, 11) is 0. The van der Waals surface area contributed by atoms with Crippen LogP contribution in [0.2, 0.25) is 0 Å². The van der Waals surface area contributed by atoms with E-state index in [1.165, 1.54) is 10.1 Å². The molecule has 3 aromatic heterocycles. The summed E-state index contributed by atoms with van der Waals surface area (Å²) in [4.78, 5) is 0. The van der Waals surface area contributed by atoms with Gasteiger partial charge in [-0.2, -0.15) is 0 Å². The Bertz CT molecular complexity index is 3420. The smallest absolute Gasteiger partial charge is 0.0645 e. The van der Waals surface area contributed by atoms with Gasteiger partial charge < -0.3 is 9.13 Å². The van der Waals surface area contributed by atoms with Crippen molar-refractivity contribution in [1.82, 2.24) is 9.13 Å². The molecular weight excluding hydrogens is 565 g/mol. The first-order valence-electron chi connectivity index (χ1n) is 20.4. The molecule has 45 heavy (non-hydrogen) atoms. The first-order valence-corrected chi connectivity index (χ1v) is 15.2. The molecule has 0 aliphatic rings. The molecule has 0 aliphatic heterocycles. The number of aromatic nitrogens is 2. The topological polar surface area (TPSA) is 9.86 Å². The van der Waals surface area contributed by atoms with Crippen LogP contribution in [0.3, 0.4) is 0 Å². The zero-order valence-corrected chi connectivity index (χ0v) is 24.2. The molecule has 0 unspecified atom stereocenters. The average molecular weight is 603 g/mol. The van der Waals surface area contributed by atoms with Crippen molar-refractivity contribution in [3.8, 4) is 22.5 Å². The van der Waals surface area contributed by atoms with Gasteiger partial charge in [-0.1, -0.05) is 96.9 Å². The molecule has 0 spiro atoms. The Hall–Kier alpha value is -5.64. The van der Waals surface area contributed by atoms with E-state index in [4.69, 9.17) is 12.3 Å². The number of hydrogen-bond donors (Lipinski definition) is 0. The maximum Gasteiger partial charge on any atom is 0.0645 e. The molecule has 0 amide bonds. The van der Waals surface area contributed by atoms with E-state index in [9.17, 15) is 4.11 Å². The third-order valence-corrected chi connectivity index (χ3v) is 9.66. The number of thiophene rings is 1. The first-order chi connectivity index (χ1) is 27.3. The molecule has 3 heterocycles. The maximum atomic E-state index is 9.67. The van der Waals surface area contributed by atoms with E-state index in [1.54, 1.807) is 17.4 Å². The van der Waals surface area contributed by atoms with Crippen molar-refractivity contribution < 1.29 is 16.4 Å². The Morgan fingerprint density at radius 1 is 0.467 bits per heavy atom. The summed E-state index contributed by atoms with van der Waals surface area (Å²) in [5, 5.41) is 3.81. The van der Waals surface area contributed by atoms with E-state index in [2.05, 4.69) is 28.8 Å². The molecule has 210 valence electrons. The van der Waals surface area contributed by atoms with Crippen LogP contribution in [-0.2, 0) is 0 Å². The second-order valence-corrected chi connectivity index (χ2v) is 11.9. The number of para-hydroxylation sites is 3. The standard InChI is InChI=1S/C42H26N2S/c1-2-11-29(12-3-1)43-36-17-7-4-13-30(36)34-25-27(21-23-38(34)43)28-22-24-39-35(26-28)31-14-5-8-18-37(31)44(39)40-19-10-16-33-32-15-6-9-20-41(32)45-42(33)40/h1-26H/i1D,2D,3D,4D,7D,11D,12D,13D,17D,21D,23D,25D.